The second-order valence-electron chi connectivity index (χ2n) is 9.13. The minimum atomic E-state index is -5.08. The molecule has 2 heterocycles. The molecule has 2 aromatic carbocycles. The molecule has 0 aliphatic heterocycles. The monoisotopic (exact) mass is 634 g/mol. The number of aryl methyl sites for hydroxylation is 2. The maximum atomic E-state index is 13.0. The molecule has 4 aromatic rings. The number of carbonyl (C=O) groups is 3. The number of nitrogens with zero attached hydrogens (tertiary/aromatic N) is 2. The molecule has 4 rings (SSSR count). The number of H-pyrrole nitrogens is 1. The van der Waals surface area contributed by atoms with Crippen LogP contribution >= 0.6 is 11.6 Å². The van der Waals surface area contributed by atoms with Crippen LogP contribution in [0.3, 0.4) is 0 Å². The number of nitrogens with two attached hydrogens (primary N) is 1. The zero-order valence-electron chi connectivity index (χ0n) is 23.2. The normalized spacial score (nSPS) is 10.9. The Balaban J connectivity index is 0.000000676. The summed E-state index contributed by atoms with van der Waals surface area (Å²) >= 11 is 6.26. The first-order chi connectivity index (χ1) is 20.7. The van der Waals surface area contributed by atoms with Gasteiger partial charge in [-0.3, -0.25) is 14.4 Å². The largest absolute Gasteiger partial charge is 0.490 e. The number of rotatable bonds is 8. The summed E-state index contributed by atoms with van der Waals surface area (Å²) in [6.07, 6.45) is -3.59. The van der Waals surface area contributed by atoms with Crippen LogP contribution in [0.5, 0.6) is 6.01 Å². The number of benzene rings is 2. The highest BCUT2D eigenvalue weighted by Gasteiger charge is 2.38. The first-order valence-corrected chi connectivity index (χ1v) is 13.1. The Labute approximate surface area is 252 Å². The molecule has 232 valence electrons. The summed E-state index contributed by atoms with van der Waals surface area (Å²) in [6.45, 7) is 2.16. The number of pyridine rings is 1. The number of aromatic nitrogens is 3. The van der Waals surface area contributed by atoms with Crippen molar-refractivity contribution in [3.63, 3.8) is 0 Å². The first kappa shape index (κ1) is 33.3. The molecule has 0 saturated heterocycles. The van der Waals surface area contributed by atoms with E-state index in [1.54, 1.807) is 13.0 Å². The van der Waals surface area contributed by atoms with E-state index in [9.17, 15) is 27.6 Å². The molecule has 0 fully saturated rings. The van der Waals surface area contributed by atoms with E-state index in [4.69, 9.17) is 32.0 Å². The van der Waals surface area contributed by atoms with E-state index < -0.39 is 23.6 Å². The summed E-state index contributed by atoms with van der Waals surface area (Å²) in [5, 5.41) is 13.3. The summed E-state index contributed by atoms with van der Waals surface area (Å²) < 4.78 is 36.8. The van der Waals surface area contributed by atoms with E-state index in [1.165, 1.54) is 25.3 Å². The van der Waals surface area contributed by atoms with Gasteiger partial charge in [0.15, 0.2) is 0 Å². The van der Waals surface area contributed by atoms with Crippen LogP contribution < -0.4 is 26.7 Å². The number of nitrogens with one attached hydrogen (secondary N) is 3. The smallest absolute Gasteiger partial charge is 0.475 e. The number of carboxylic acids is 1. The average molecular weight is 635 g/mol. The predicted octanol–water partition coefficient (Wildman–Crippen LogP) is 4.12. The van der Waals surface area contributed by atoms with Gasteiger partial charge >= 0.3 is 18.2 Å². The highest BCUT2D eigenvalue weighted by Crippen LogP contribution is 2.24. The second kappa shape index (κ2) is 14.3. The van der Waals surface area contributed by atoms with E-state index in [0.29, 0.717) is 28.9 Å². The van der Waals surface area contributed by atoms with Gasteiger partial charge in [0.25, 0.3) is 17.4 Å². The minimum Gasteiger partial charge on any atom is -0.475 e. The van der Waals surface area contributed by atoms with E-state index in [2.05, 4.69) is 25.6 Å². The van der Waals surface area contributed by atoms with E-state index in [-0.39, 0.29) is 33.8 Å². The molecule has 2 aromatic heterocycles. The Hall–Kier alpha value is -5.18. The number of aliphatic carboxylic acids is 1. The lowest BCUT2D eigenvalue weighted by Gasteiger charge is -2.11. The molecule has 0 unspecified atom stereocenters. The lowest BCUT2D eigenvalue weighted by Crippen LogP contribution is -2.26. The molecule has 0 aliphatic carbocycles. The highest BCUT2D eigenvalue weighted by atomic mass is 35.5. The molecule has 16 heteroatoms. The van der Waals surface area contributed by atoms with Crippen molar-refractivity contribution in [2.75, 3.05) is 24.7 Å². The van der Waals surface area contributed by atoms with Crippen LogP contribution in [0.1, 0.15) is 38.4 Å². The Bertz CT molecular complexity index is 1760. The van der Waals surface area contributed by atoms with E-state index in [0.717, 1.165) is 18.4 Å². The summed E-state index contributed by atoms with van der Waals surface area (Å²) in [6, 6.07) is 13.6. The molecule has 0 spiro atoms. The van der Waals surface area contributed by atoms with Gasteiger partial charge in [-0.25, -0.2) is 4.79 Å². The van der Waals surface area contributed by atoms with Crippen molar-refractivity contribution in [3.05, 3.63) is 86.3 Å². The summed E-state index contributed by atoms with van der Waals surface area (Å²) in [7, 11) is 1.42. The Morgan fingerprint density at radius 2 is 1.80 bits per heavy atom. The van der Waals surface area contributed by atoms with Crippen molar-refractivity contribution in [2.45, 2.75) is 25.9 Å². The maximum absolute atomic E-state index is 13.0. The molecule has 44 heavy (non-hydrogen) atoms. The number of anilines is 2. The predicted molar refractivity (Wildman–Crippen MR) is 156 cm³/mol. The quantitative estimate of drug-likeness (QED) is 0.140. The number of alkyl halides is 3. The fourth-order valence-corrected chi connectivity index (χ4v) is 3.93. The molecule has 0 aliphatic rings. The van der Waals surface area contributed by atoms with Crippen LogP contribution in [0.4, 0.5) is 24.5 Å². The van der Waals surface area contributed by atoms with Gasteiger partial charge in [-0.2, -0.15) is 23.1 Å². The minimum absolute atomic E-state index is 0.101. The number of ether oxygens (including phenoxy) is 1. The number of aromatic amines is 1. The fourth-order valence-electron chi connectivity index (χ4n) is 3.77. The molecule has 6 N–H and O–H groups in total. The molecule has 0 radical (unpaired) electrons. The number of halogens is 4. The topological polar surface area (TPSA) is 189 Å². The van der Waals surface area contributed by atoms with E-state index >= 15 is 0 Å². The SMILES string of the molecule is COc1nc(C)c2cc(C(=O)Nc3cc(C(=O)NCCCc4cccc(N)c4)ccc3Cl)c(=O)[nH]c2n1.O=C(O)C(F)(F)F. The van der Waals surface area contributed by atoms with E-state index in [1.807, 2.05) is 24.3 Å². The Kier molecular flexibility index (Phi) is 10.9. The van der Waals surface area contributed by atoms with Crippen LogP contribution in [0.2, 0.25) is 5.02 Å². The average Bonchev–Trinajstić information content (AvgIpc) is 2.95. The second-order valence-corrected chi connectivity index (χ2v) is 9.53. The molecule has 2 amide bonds. The van der Waals surface area contributed by atoms with Gasteiger partial charge in [0, 0.05) is 23.2 Å². The summed E-state index contributed by atoms with van der Waals surface area (Å²) in [5.41, 5.74) is 8.07. The van der Waals surface area contributed by atoms with Crippen molar-refractivity contribution in [1.29, 1.82) is 0 Å². The molecule has 0 bridgehead atoms. The van der Waals surface area contributed by atoms with Crippen LogP contribution in [0.25, 0.3) is 11.0 Å². The zero-order valence-corrected chi connectivity index (χ0v) is 24.0. The molecule has 0 atom stereocenters. The summed E-state index contributed by atoms with van der Waals surface area (Å²) in [5.74, 6) is -3.77. The third kappa shape index (κ3) is 8.91. The maximum Gasteiger partial charge on any atom is 0.490 e. The van der Waals surface area contributed by atoms with Crippen LogP contribution in [-0.2, 0) is 11.2 Å². The third-order valence-electron chi connectivity index (χ3n) is 5.91. The molecular weight excluding hydrogens is 609 g/mol. The summed E-state index contributed by atoms with van der Waals surface area (Å²) in [4.78, 5) is 57.9. The number of hydrogen-bond donors (Lipinski definition) is 5. The van der Waals surface area contributed by atoms with Crippen molar-refractivity contribution in [1.82, 2.24) is 20.3 Å². The number of fused-ring (bicyclic) bond motifs is 1. The number of amides is 2. The van der Waals surface area contributed by atoms with Gasteiger partial charge in [-0.15, -0.1) is 0 Å². The highest BCUT2D eigenvalue weighted by molar-refractivity contribution is 6.34. The van der Waals surface area contributed by atoms with Gasteiger partial charge in [0.05, 0.1) is 23.5 Å². The number of methoxy groups -OCH3 is 1. The van der Waals surface area contributed by atoms with Crippen LogP contribution in [0.15, 0.2) is 53.3 Å². The number of carboxylic acid groups (broad SMARTS) is 1. The van der Waals surface area contributed by atoms with Crippen molar-refractivity contribution >= 4 is 51.8 Å². The Morgan fingerprint density at radius 3 is 2.43 bits per heavy atom. The standard InChI is InChI=1S/C26H25ClN6O4.C2HF3O2/c1-14-18-13-19(25(36)32-22(18)33-26(30-14)37-2)24(35)31-21-12-16(8-9-20(21)27)23(34)29-10-4-6-15-5-3-7-17(28)11-15;3-2(4,5)1(6)7/h3,5,7-9,11-13H,4,6,10,28H2,1-2H3,(H,29,34)(H,31,35)(H,30,32,33,36);(H,6,7). The number of nitrogen functional groups attached to an aromatic ring is 1. The van der Waals surface area contributed by atoms with Crippen molar-refractivity contribution < 1.29 is 37.4 Å². The molecule has 12 nitrogen and oxygen atoms in total. The van der Waals surface area contributed by atoms with Crippen LogP contribution in [0, 0.1) is 6.92 Å². The number of hydrogen-bond acceptors (Lipinski definition) is 8. The zero-order chi connectivity index (χ0) is 32.6. The van der Waals surface area contributed by atoms with Gasteiger partial charge in [-0.1, -0.05) is 23.7 Å². The van der Waals surface area contributed by atoms with Gasteiger partial charge in [0.2, 0.25) is 0 Å². The first-order valence-electron chi connectivity index (χ1n) is 12.7. The van der Waals surface area contributed by atoms with Crippen molar-refractivity contribution in [2.24, 2.45) is 0 Å². The Morgan fingerprint density at radius 1 is 1.09 bits per heavy atom. The van der Waals surface area contributed by atoms with Crippen molar-refractivity contribution in [3.8, 4) is 6.01 Å². The lowest BCUT2D eigenvalue weighted by molar-refractivity contribution is -0.192. The number of carbonyl (C=O) groups excluding carboxylic acids is 2. The molecule has 0 saturated carbocycles. The van der Waals surface area contributed by atoms with Gasteiger partial charge in [0.1, 0.15) is 11.2 Å². The lowest BCUT2D eigenvalue weighted by atomic mass is 10.1. The fraction of sp³-hybridized carbons (Fsp3) is 0.214. The third-order valence-corrected chi connectivity index (χ3v) is 6.24. The van der Waals surface area contributed by atoms with Gasteiger partial charge < -0.3 is 31.2 Å². The van der Waals surface area contributed by atoms with Gasteiger partial charge in [-0.05, 0) is 61.7 Å². The molecular formula is C28H26ClF3N6O6. The van der Waals surface area contributed by atoms with Crippen LogP contribution in [-0.4, -0.2) is 57.7 Å².